The lowest BCUT2D eigenvalue weighted by Gasteiger charge is -2.25. The molecule has 12 heteroatoms. The molecule has 0 bridgehead atoms. The maximum absolute atomic E-state index is 13.4. The number of alkyl halides is 3. The van der Waals surface area contributed by atoms with Crippen molar-refractivity contribution in [3.63, 3.8) is 0 Å². The van der Waals surface area contributed by atoms with Gasteiger partial charge in [-0.1, -0.05) is 38.7 Å². The van der Waals surface area contributed by atoms with Gasteiger partial charge in [0.05, 0.1) is 37.4 Å². The van der Waals surface area contributed by atoms with Crippen molar-refractivity contribution in [2.24, 2.45) is 5.92 Å². The maximum Gasteiger partial charge on any atom is 0.406 e. The SMILES string of the molecule is CCCCCCCOC(=O)CC1Cc2ccc(OCCc3cn4c(n3)NCCN4)cc2CN(CC(F)(F)F)C1=O. The first-order valence-corrected chi connectivity index (χ1v) is 14.0. The van der Waals surface area contributed by atoms with Crippen molar-refractivity contribution >= 4 is 17.8 Å². The van der Waals surface area contributed by atoms with Gasteiger partial charge in [-0.3, -0.25) is 9.59 Å². The molecule has 0 aliphatic carbocycles. The molecule has 0 saturated carbocycles. The number of esters is 1. The van der Waals surface area contributed by atoms with Gasteiger partial charge in [-0.25, -0.2) is 9.66 Å². The number of benzene rings is 1. The standard InChI is InChI=1S/C28H38F3N5O4/c1-2-3-4-5-6-12-40-25(37)16-21-14-20-7-8-24(15-22(20)17-35(26(21)38)19-28(29,30)31)39-13-9-23-18-36-27(34-23)32-10-11-33-36/h7-8,15,18,21,33H,2-6,9-14,16-17,19H2,1H3,(H,32,34). The fourth-order valence-corrected chi connectivity index (χ4v) is 5.01. The molecule has 2 N–H and O–H groups in total. The van der Waals surface area contributed by atoms with E-state index < -0.39 is 30.5 Å². The van der Waals surface area contributed by atoms with Crippen LogP contribution in [0.5, 0.6) is 5.75 Å². The summed E-state index contributed by atoms with van der Waals surface area (Å²) in [6.07, 6.45) is 2.74. The number of nitrogens with one attached hydrogen (secondary N) is 2. The number of imidazole rings is 1. The second-order valence-electron chi connectivity index (χ2n) is 10.3. The number of amides is 1. The molecule has 40 heavy (non-hydrogen) atoms. The largest absolute Gasteiger partial charge is 0.493 e. The molecule has 2 aliphatic heterocycles. The van der Waals surface area contributed by atoms with Gasteiger partial charge in [-0.05, 0) is 36.1 Å². The summed E-state index contributed by atoms with van der Waals surface area (Å²) in [7, 11) is 0. The van der Waals surface area contributed by atoms with Crippen LogP contribution in [0.3, 0.4) is 0 Å². The van der Waals surface area contributed by atoms with Gasteiger partial charge < -0.3 is 25.1 Å². The van der Waals surface area contributed by atoms with E-state index in [4.69, 9.17) is 9.47 Å². The number of halogens is 3. The lowest BCUT2D eigenvalue weighted by atomic mass is 9.94. The fraction of sp³-hybridized carbons (Fsp3) is 0.607. The minimum Gasteiger partial charge on any atom is -0.493 e. The van der Waals surface area contributed by atoms with E-state index in [2.05, 4.69) is 22.7 Å². The summed E-state index contributed by atoms with van der Waals surface area (Å²) in [5.74, 6) is -0.931. The number of hydrogen-bond acceptors (Lipinski definition) is 7. The van der Waals surface area contributed by atoms with E-state index in [1.54, 1.807) is 18.2 Å². The van der Waals surface area contributed by atoms with Gasteiger partial charge in [0.1, 0.15) is 12.3 Å². The molecule has 220 valence electrons. The first-order chi connectivity index (χ1) is 19.2. The van der Waals surface area contributed by atoms with Crippen LogP contribution in [0, 0.1) is 5.92 Å². The van der Waals surface area contributed by atoms with Crippen LogP contribution in [0.15, 0.2) is 24.4 Å². The van der Waals surface area contributed by atoms with Crippen molar-refractivity contribution in [3.05, 3.63) is 41.2 Å². The highest BCUT2D eigenvalue weighted by molar-refractivity contribution is 5.84. The molecule has 0 spiro atoms. The summed E-state index contributed by atoms with van der Waals surface area (Å²) in [5, 5.41) is 3.20. The molecule has 1 amide bonds. The number of nitrogens with zero attached hydrogens (tertiary/aromatic N) is 3. The average molecular weight is 566 g/mol. The Labute approximate surface area is 232 Å². The molecular weight excluding hydrogens is 527 g/mol. The molecule has 1 aromatic heterocycles. The molecule has 3 heterocycles. The lowest BCUT2D eigenvalue weighted by molar-refractivity contribution is -0.165. The summed E-state index contributed by atoms with van der Waals surface area (Å²) in [6, 6.07) is 5.20. The van der Waals surface area contributed by atoms with Crippen LogP contribution in [0.25, 0.3) is 0 Å². The Balaban J connectivity index is 1.38. The Morgan fingerprint density at radius 3 is 2.73 bits per heavy atom. The molecule has 2 aliphatic rings. The first-order valence-electron chi connectivity index (χ1n) is 14.0. The number of carbonyl (C=O) groups is 2. The Hall–Kier alpha value is -3.44. The molecule has 1 unspecified atom stereocenters. The Morgan fingerprint density at radius 1 is 1.12 bits per heavy atom. The van der Waals surface area contributed by atoms with E-state index in [-0.39, 0.29) is 26.0 Å². The number of anilines is 1. The van der Waals surface area contributed by atoms with E-state index in [0.29, 0.717) is 24.3 Å². The summed E-state index contributed by atoms with van der Waals surface area (Å²) >= 11 is 0. The van der Waals surface area contributed by atoms with Gasteiger partial charge in [0.2, 0.25) is 11.9 Å². The molecule has 4 rings (SSSR count). The summed E-state index contributed by atoms with van der Waals surface area (Å²) in [5.41, 5.74) is 5.34. The predicted octanol–water partition coefficient (Wildman–Crippen LogP) is 4.44. The van der Waals surface area contributed by atoms with Crippen LogP contribution in [-0.4, -0.2) is 65.5 Å². The van der Waals surface area contributed by atoms with Crippen LogP contribution in [0.1, 0.15) is 62.3 Å². The number of rotatable bonds is 13. The third-order valence-electron chi connectivity index (χ3n) is 7.03. The van der Waals surface area contributed by atoms with E-state index in [1.165, 1.54) is 0 Å². The van der Waals surface area contributed by atoms with E-state index in [1.807, 2.05) is 10.9 Å². The number of ether oxygens (including phenoxy) is 2. The van der Waals surface area contributed by atoms with E-state index in [9.17, 15) is 22.8 Å². The predicted molar refractivity (Wildman–Crippen MR) is 144 cm³/mol. The molecule has 9 nitrogen and oxygen atoms in total. The van der Waals surface area contributed by atoms with Crippen molar-refractivity contribution in [1.29, 1.82) is 0 Å². The van der Waals surface area contributed by atoms with Gasteiger partial charge in [0, 0.05) is 26.1 Å². The Kier molecular flexibility index (Phi) is 10.2. The molecule has 2 aromatic rings. The molecule has 1 aromatic carbocycles. The normalized spacial score (nSPS) is 16.9. The van der Waals surface area contributed by atoms with Gasteiger partial charge >= 0.3 is 12.1 Å². The number of fused-ring (bicyclic) bond motifs is 2. The number of unbranched alkanes of at least 4 members (excludes halogenated alkanes) is 4. The summed E-state index contributed by atoms with van der Waals surface area (Å²) in [6.45, 7) is 2.68. The second kappa shape index (κ2) is 13.8. The monoisotopic (exact) mass is 565 g/mol. The average Bonchev–Trinajstić information content (AvgIpc) is 3.28. The number of hydrogen-bond donors (Lipinski definition) is 2. The van der Waals surface area contributed by atoms with Crippen molar-refractivity contribution < 1.29 is 32.2 Å². The fourth-order valence-electron chi connectivity index (χ4n) is 5.01. The quantitative estimate of drug-likeness (QED) is 0.274. The Morgan fingerprint density at radius 2 is 1.95 bits per heavy atom. The molecule has 0 radical (unpaired) electrons. The number of carbonyl (C=O) groups excluding carboxylic acids is 2. The second-order valence-corrected chi connectivity index (χ2v) is 10.3. The highest BCUT2D eigenvalue weighted by Crippen LogP contribution is 2.30. The van der Waals surface area contributed by atoms with Crippen LogP contribution in [0.2, 0.25) is 0 Å². The minimum absolute atomic E-state index is 0.161. The zero-order chi connectivity index (χ0) is 28.5. The highest BCUT2D eigenvalue weighted by atomic mass is 19.4. The third kappa shape index (κ3) is 8.53. The van der Waals surface area contributed by atoms with Crippen LogP contribution in [0.4, 0.5) is 19.1 Å². The van der Waals surface area contributed by atoms with Crippen molar-refractivity contribution in [2.45, 2.75) is 71.0 Å². The Bertz CT molecular complexity index is 1130. The van der Waals surface area contributed by atoms with Crippen molar-refractivity contribution in [3.8, 4) is 5.75 Å². The smallest absolute Gasteiger partial charge is 0.406 e. The number of aromatic nitrogens is 2. The van der Waals surface area contributed by atoms with E-state index >= 15 is 0 Å². The zero-order valence-electron chi connectivity index (χ0n) is 22.9. The highest BCUT2D eigenvalue weighted by Gasteiger charge is 2.38. The summed E-state index contributed by atoms with van der Waals surface area (Å²) in [4.78, 5) is 30.9. The van der Waals surface area contributed by atoms with Gasteiger partial charge in [-0.15, -0.1) is 0 Å². The first kappa shape index (κ1) is 29.5. The van der Waals surface area contributed by atoms with Crippen molar-refractivity contribution in [2.75, 3.05) is 43.6 Å². The molecule has 0 fully saturated rings. The molecule has 1 atom stereocenters. The lowest BCUT2D eigenvalue weighted by Crippen LogP contribution is -2.41. The topological polar surface area (TPSA) is 97.7 Å². The van der Waals surface area contributed by atoms with E-state index in [0.717, 1.165) is 67.3 Å². The summed E-state index contributed by atoms with van der Waals surface area (Å²) < 4.78 is 53.1. The van der Waals surface area contributed by atoms with Crippen molar-refractivity contribution in [1.82, 2.24) is 14.6 Å². The minimum atomic E-state index is -4.56. The van der Waals surface area contributed by atoms with Gasteiger partial charge in [-0.2, -0.15) is 13.2 Å². The van der Waals surface area contributed by atoms with Gasteiger partial charge in [0.25, 0.3) is 0 Å². The van der Waals surface area contributed by atoms with Crippen LogP contribution < -0.4 is 15.5 Å². The molecular formula is C28H38F3N5O4. The zero-order valence-corrected chi connectivity index (χ0v) is 22.9. The van der Waals surface area contributed by atoms with Crippen LogP contribution >= 0.6 is 0 Å². The van der Waals surface area contributed by atoms with Gasteiger partial charge in [0.15, 0.2) is 0 Å². The van der Waals surface area contributed by atoms with Crippen LogP contribution in [-0.2, 0) is 33.7 Å². The third-order valence-corrected chi connectivity index (χ3v) is 7.03. The molecule has 0 saturated heterocycles. The maximum atomic E-state index is 13.4.